The van der Waals surface area contributed by atoms with E-state index in [9.17, 15) is 18.0 Å². The van der Waals surface area contributed by atoms with E-state index >= 15 is 0 Å². The first-order valence-corrected chi connectivity index (χ1v) is 10.7. The molecule has 1 fully saturated rings. The highest BCUT2D eigenvalue weighted by Gasteiger charge is 2.35. The lowest BCUT2D eigenvalue weighted by atomic mass is 10.1. The summed E-state index contributed by atoms with van der Waals surface area (Å²) in [5, 5.41) is 0. The number of amides is 1. The Morgan fingerprint density at radius 2 is 1.92 bits per heavy atom. The van der Waals surface area contributed by atoms with E-state index in [2.05, 4.69) is 0 Å². The maximum absolute atomic E-state index is 12.6. The molecule has 0 spiro atoms. The van der Waals surface area contributed by atoms with Gasteiger partial charge in [0.2, 0.25) is 0 Å². The van der Waals surface area contributed by atoms with Gasteiger partial charge in [-0.1, -0.05) is 19.9 Å². The van der Waals surface area contributed by atoms with Crippen molar-refractivity contribution in [1.29, 1.82) is 0 Å². The van der Waals surface area contributed by atoms with Crippen molar-refractivity contribution in [2.24, 2.45) is 5.92 Å². The second-order valence-corrected chi connectivity index (χ2v) is 9.60. The zero-order valence-electron chi connectivity index (χ0n) is 15.8. The number of benzene rings is 1. The summed E-state index contributed by atoms with van der Waals surface area (Å²) in [6, 6.07) is 4.90. The third-order valence-corrected chi connectivity index (χ3v) is 6.35. The minimum Gasteiger partial charge on any atom is -0.452 e. The van der Waals surface area contributed by atoms with Crippen LogP contribution in [0.3, 0.4) is 0 Å². The molecule has 0 bridgehead atoms. The molecule has 1 heterocycles. The van der Waals surface area contributed by atoms with Crippen LogP contribution in [0.2, 0.25) is 0 Å². The van der Waals surface area contributed by atoms with Crippen LogP contribution >= 0.6 is 0 Å². The quantitative estimate of drug-likeness (QED) is 0.705. The van der Waals surface area contributed by atoms with Gasteiger partial charge in [-0.05, 0) is 49.4 Å². The minimum atomic E-state index is -3.09. The average Bonchev–Trinajstić information content (AvgIpc) is 2.92. The topological polar surface area (TPSA) is 80.8 Å². The molecule has 1 aromatic rings. The summed E-state index contributed by atoms with van der Waals surface area (Å²) in [7, 11) is -3.09. The van der Waals surface area contributed by atoms with E-state index in [1.165, 1.54) is 0 Å². The van der Waals surface area contributed by atoms with E-state index in [-0.39, 0.29) is 36.0 Å². The first-order chi connectivity index (χ1) is 12.1. The predicted molar refractivity (Wildman–Crippen MR) is 99.8 cm³/mol. The molecule has 0 N–H and O–H groups in total. The molecule has 0 aliphatic carbocycles. The van der Waals surface area contributed by atoms with Crippen molar-refractivity contribution in [2.75, 3.05) is 24.7 Å². The van der Waals surface area contributed by atoms with Crippen molar-refractivity contribution in [3.8, 4) is 0 Å². The van der Waals surface area contributed by atoms with Crippen LogP contribution in [0.4, 0.5) is 0 Å². The van der Waals surface area contributed by atoms with Gasteiger partial charge in [0.1, 0.15) is 0 Å². The number of esters is 1. The molecule has 1 aliphatic heterocycles. The fourth-order valence-corrected chi connectivity index (χ4v) is 4.76. The maximum atomic E-state index is 12.6. The van der Waals surface area contributed by atoms with Crippen molar-refractivity contribution in [2.45, 2.75) is 40.2 Å². The smallest absolute Gasteiger partial charge is 0.338 e. The summed E-state index contributed by atoms with van der Waals surface area (Å²) in [6.45, 7) is 7.85. The summed E-state index contributed by atoms with van der Waals surface area (Å²) in [5.74, 6) is -0.626. The molecular formula is C19H27NO5S. The van der Waals surface area contributed by atoms with Crippen LogP contribution < -0.4 is 0 Å². The summed E-state index contributed by atoms with van der Waals surface area (Å²) in [4.78, 5) is 26.3. The number of aryl methyl sites for hydroxylation is 2. The van der Waals surface area contributed by atoms with Crippen molar-refractivity contribution < 1.29 is 22.7 Å². The molecule has 7 heteroatoms. The van der Waals surface area contributed by atoms with Crippen LogP contribution in [0.5, 0.6) is 0 Å². The minimum absolute atomic E-state index is 0.0173. The summed E-state index contributed by atoms with van der Waals surface area (Å²) in [5.41, 5.74) is 2.45. The Morgan fingerprint density at radius 3 is 2.46 bits per heavy atom. The van der Waals surface area contributed by atoms with Crippen LogP contribution in [0.1, 0.15) is 41.8 Å². The van der Waals surface area contributed by atoms with Gasteiger partial charge in [0.15, 0.2) is 16.4 Å². The maximum Gasteiger partial charge on any atom is 0.338 e. The molecule has 144 valence electrons. The highest BCUT2D eigenvalue weighted by molar-refractivity contribution is 7.91. The molecule has 1 aliphatic rings. The van der Waals surface area contributed by atoms with Gasteiger partial charge in [-0.15, -0.1) is 0 Å². The van der Waals surface area contributed by atoms with Crippen LogP contribution in [0.15, 0.2) is 18.2 Å². The van der Waals surface area contributed by atoms with Crippen LogP contribution in [-0.4, -0.2) is 55.9 Å². The number of carbonyl (C=O) groups excluding carboxylic acids is 2. The summed E-state index contributed by atoms with van der Waals surface area (Å²) >= 11 is 0. The molecule has 1 saturated heterocycles. The van der Waals surface area contributed by atoms with Crippen LogP contribution in [0.25, 0.3) is 0 Å². The molecule has 0 radical (unpaired) electrons. The normalized spacial score (nSPS) is 18.7. The van der Waals surface area contributed by atoms with Crippen molar-refractivity contribution in [3.63, 3.8) is 0 Å². The molecule has 0 saturated carbocycles. The van der Waals surface area contributed by atoms with Crippen molar-refractivity contribution in [1.82, 2.24) is 4.90 Å². The third-order valence-electron chi connectivity index (χ3n) is 4.60. The van der Waals surface area contributed by atoms with Crippen molar-refractivity contribution >= 4 is 21.7 Å². The second kappa shape index (κ2) is 8.20. The molecular weight excluding hydrogens is 354 g/mol. The number of ether oxygens (including phenoxy) is 1. The first kappa shape index (κ1) is 20.4. The van der Waals surface area contributed by atoms with Gasteiger partial charge in [0.25, 0.3) is 5.91 Å². The number of hydrogen-bond donors (Lipinski definition) is 0. The summed E-state index contributed by atoms with van der Waals surface area (Å²) < 4.78 is 28.7. The van der Waals surface area contributed by atoms with Gasteiger partial charge < -0.3 is 9.64 Å². The number of rotatable bonds is 6. The highest BCUT2D eigenvalue weighted by Crippen LogP contribution is 2.19. The lowest BCUT2D eigenvalue weighted by Gasteiger charge is -2.29. The van der Waals surface area contributed by atoms with E-state index in [1.54, 1.807) is 17.0 Å². The Labute approximate surface area is 155 Å². The van der Waals surface area contributed by atoms with Crippen LogP contribution in [-0.2, 0) is 19.4 Å². The molecule has 1 unspecified atom stereocenters. The van der Waals surface area contributed by atoms with Gasteiger partial charge >= 0.3 is 5.97 Å². The SMILES string of the molecule is Cc1ccc(C(=O)OCC(=O)N(CC(C)C)C2CCS(=O)(=O)C2)cc1C. The lowest BCUT2D eigenvalue weighted by Crippen LogP contribution is -2.45. The standard InChI is InChI=1S/C19H27NO5S/c1-13(2)10-20(17-7-8-26(23,24)12-17)18(21)11-25-19(22)16-6-5-14(3)15(4)9-16/h5-6,9,13,17H,7-8,10-12H2,1-4H3. The number of hydrogen-bond acceptors (Lipinski definition) is 5. The molecule has 1 aromatic carbocycles. The Bertz CT molecular complexity index is 785. The zero-order chi connectivity index (χ0) is 19.5. The first-order valence-electron chi connectivity index (χ1n) is 8.83. The summed E-state index contributed by atoms with van der Waals surface area (Å²) in [6.07, 6.45) is 0.436. The fraction of sp³-hybridized carbons (Fsp3) is 0.579. The molecule has 0 aromatic heterocycles. The Balaban J connectivity index is 2.02. The molecule has 1 atom stereocenters. The Kier molecular flexibility index (Phi) is 6.44. The Morgan fingerprint density at radius 1 is 1.23 bits per heavy atom. The molecule has 2 rings (SSSR count). The predicted octanol–water partition coefficient (Wildman–Crippen LogP) is 2.13. The van der Waals surface area contributed by atoms with E-state index in [4.69, 9.17) is 4.74 Å². The van der Waals surface area contributed by atoms with Crippen molar-refractivity contribution in [3.05, 3.63) is 34.9 Å². The average molecular weight is 381 g/mol. The van der Waals surface area contributed by atoms with E-state index in [1.807, 2.05) is 33.8 Å². The molecule has 6 nitrogen and oxygen atoms in total. The third kappa shape index (κ3) is 5.30. The van der Waals surface area contributed by atoms with Gasteiger partial charge in [0.05, 0.1) is 17.1 Å². The van der Waals surface area contributed by atoms with E-state index in [0.717, 1.165) is 11.1 Å². The van der Waals surface area contributed by atoms with Crippen LogP contribution in [0, 0.1) is 19.8 Å². The Hall–Kier alpha value is -1.89. The van der Waals surface area contributed by atoms with E-state index < -0.39 is 15.8 Å². The number of sulfone groups is 1. The van der Waals surface area contributed by atoms with Gasteiger partial charge in [-0.2, -0.15) is 0 Å². The van der Waals surface area contributed by atoms with Gasteiger partial charge in [0, 0.05) is 12.6 Å². The fourth-order valence-electron chi connectivity index (χ4n) is 3.03. The van der Waals surface area contributed by atoms with E-state index in [0.29, 0.717) is 18.5 Å². The number of nitrogens with zero attached hydrogens (tertiary/aromatic N) is 1. The molecule has 26 heavy (non-hydrogen) atoms. The monoisotopic (exact) mass is 381 g/mol. The number of carbonyl (C=O) groups is 2. The van der Waals surface area contributed by atoms with Gasteiger partial charge in [-0.3, -0.25) is 4.79 Å². The zero-order valence-corrected chi connectivity index (χ0v) is 16.6. The molecule has 1 amide bonds. The highest BCUT2D eigenvalue weighted by atomic mass is 32.2. The lowest BCUT2D eigenvalue weighted by molar-refractivity contribution is -0.137. The largest absolute Gasteiger partial charge is 0.452 e. The second-order valence-electron chi connectivity index (χ2n) is 7.37. The van der Waals surface area contributed by atoms with Gasteiger partial charge in [-0.25, -0.2) is 13.2 Å².